The van der Waals surface area contributed by atoms with Gasteiger partial charge in [-0.25, -0.2) is 13.8 Å². The summed E-state index contributed by atoms with van der Waals surface area (Å²) in [6, 6.07) is 2.07. The summed E-state index contributed by atoms with van der Waals surface area (Å²) >= 11 is 0. The van der Waals surface area contributed by atoms with Crippen LogP contribution in [0.3, 0.4) is 0 Å². The smallest absolute Gasteiger partial charge is 0.328 e. The monoisotopic (exact) mass is 214 g/mol. The van der Waals surface area contributed by atoms with E-state index in [2.05, 4.69) is 4.98 Å². The average Bonchev–Trinajstić information content (AvgIpc) is 2.15. The SMILES string of the molecule is N#Cc1cc(C(F)F)nc(N)c1[N+](=O)[O-]. The van der Waals surface area contributed by atoms with Crippen LogP contribution in [0.25, 0.3) is 0 Å². The summed E-state index contributed by atoms with van der Waals surface area (Å²) in [5.41, 5.74) is 3.07. The summed E-state index contributed by atoms with van der Waals surface area (Å²) in [5, 5.41) is 18.9. The molecular weight excluding hydrogens is 210 g/mol. The molecule has 0 fully saturated rings. The molecule has 0 atom stereocenters. The number of alkyl halides is 2. The first-order valence-corrected chi connectivity index (χ1v) is 3.60. The van der Waals surface area contributed by atoms with Crippen LogP contribution in [0.15, 0.2) is 6.07 Å². The Morgan fingerprint density at radius 3 is 2.67 bits per heavy atom. The lowest BCUT2D eigenvalue weighted by molar-refractivity contribution is -0.384. The van der Waals surface area contributed by atoms with E-state index in [4.69, 9.17) is 11.0 Å². The zero-order valence-electron chi connectivity index (χ0n) is 7.15. The molecular formula is C7H4F2N4O2. The molecule has 0 bridgehead atoms. The molecule has 0 amide bonds. The van der Waals surface area contributed by atoms with Gasteiger partial charge in [0.05, 0.1) is 4.92 Å². The minimum atomic E-state index is -2.93. The van der Waals surface area contributed by atoms with E-state index in [1.807, 2.05) is 0 Å². The third kappa shape index (κ3) is 1.96. The number of hydrogen-bond donors (Lipinski definition) is 1. The molecule has 78 valence electrons. The highest BCUT2D eigenvalue weighted by Crippen LogP contribution is 2.28. The van der Waals surface area contributed by atoms with Crippen molar-refractivity contribution in [3.63, 3.8) is 0 Å². The first-order chi connectivity index (χ1) is 6.97. The van der Waals surface area contributed by atoms with Crippen LogP contribution in [0.2, 0.25) is 0 Å². The number of nitrogens with zero attached hydrogens (tertiary/aromatic N) is 3. The Balaban J connectivity index is 3.46. The fourth-order valence-corrected chi connectivity index (χ4v) is 0.967. The first-order valence-electron chi connectivity index (χ1n) is 3.60. The number of nitro groups is 1. The van der Waals surface area contributed by atoms with Gasteiger partial charge < -0.3 is 5.73 Å². The Hall–Kier alpha value is -2.30. The lowest BCUT2D eigenvalue weighted by Gasteiger charge is -2.02. The maximum Gasteiger partial charge on any atom is 0.328 e. The highest BCUT2D eigenvalue weighted by Gasteiger charge is 2.23. The van der Waals surface area contributed by atoms with Crippen LogP contribution in [0.4, 0.5) is 20.3 Å². The van der Waals surface area contributed by atoms with E-state index in [0.29, 0.717) is 6.07 Å². The minimum Gasteiger partial charge on any atom is -0.378 e. The zero-order valence-corrected chi connectivity index (χ0v) is 7.15. The van der Waals surface area contributed by atoms with Crippen LogP contribution in [0.5, 0.6) is 0 Å². The number of halogens is 2. The van der Waals surface area contributed by atoms with Gasteiger partial charge in [0, 0.05) is 0 Å². The molecule has 1 aromatic heterocycles. The molecule has 2 N–H and O–H groups in total. The van der Waals surface area contributed by atoms with Gasteiger partial charge in [0.25, 0.3) is 6.43 Å². The number of anilines is 1. The molecule has 0 spiro atoms. The summed E-state index contributed by atoms with van der Waals surface area (Å²) in [7, 11) is 0. The maximum absolute atomic E-state index is 12.2. The van der Waals surface area contributed by atoms with Crippen LogP contribution >= 0.6 is 0 Å². The van der Waals surface area contributed by atoms with Crippen LogP contribution in [0.1, 0.15) is 17.7 Å². The lowest BCUT2D eigenvalue weighted by Crippen LogP contribution is -2.04. The van der Waals surface area contributed by atoms with Crippen LogP contribution in [-0.4, -0.2) is 9.91 Å². The fraction of sp³-hybridized carbons (Fsp3) is 0.143. The fourth-order valence-electron chi connectivity index (χ4n) is 0.967. The molecule has 0 aliphatic rings. The zero-order chi connectivity index (χ0) is 11.6. The quantitative estimate of drug-likeness (QED) is 0.591. The van der Waals surface area contributed by atoms with Crippen molar-refractivity contribution in [2.75, 3.05) is 5.73 Å². The molecule has 15 heavy (non-hydrogen) atoms. The number of pyridine rings is 1. The predicted molar refractivity (Wildman–Crippen MR) is 45.0 cm³/mol. The van der Waals surface area contributed by atoms with Crippen molar-refractivity contribution in [3.05, 3.63) is 27.4 Å². The number of nitrogens with two attached hydrogens (primary N) is 1. The van der Waals surface area contributed by atoms with Crippen molar-refractivity contribution in [2.24, 2.45) is 0 Å². The van der Waals surface area contributed by atoms with Crippen molar-refractivity contribution in [1.82, 2.24) is 4.98 Å². The molecule has 1 heterocycles. The lowest BCUT2D eigenvalue weighted by atomic mass is 10.2. The molecule has 8 heteroatoms. The molecule has 0 saturated heterocycles. The van der Waals surface area contributed by atoms with Crippen molar-refractivity contribution in [3.8, 4) is 6.07 Å². The van der Waals surface area contributed by atoms with Gasteiger partial charge in [-0.15, -0.1) is 0 Å². The van der Waals surface area contributed by atoms with Gasteiger partial charge in [0.15, 0.2) is 0 Å². The van der Waals surface area contributed by atoms with Gasteiger partial charge >= 0.3 is 5.69 Å². The Morgan fingerprint density at radius 2 is 2.27 bits per heavy atom. The van der Waals surface area contributed by atoms with E-state index in [9.17, 15) is 18.9 Å². The Morgan fingerprint density at radius 1 is 1.67 bits per heavy atom. The topological polar surface area (TPSA) is 106 Å². The van der Waals surface area contributed by atoms with Crippen LogP contribution in [-0.2, 0) is 0 Å². The standard InChI is InChI=1S/C7H4F2N4O2/c8-6(9)4-1-3(2-10)5(13(14)15)7(11)12-4/h1,6H,(H2,11,12). The molecule has 0 aliphatic carbocycles. The number of hydrogen-bond acceptors (Lipinski definition) is 5. The summed E-state index contributed by atoms with van der Waals surface area (Å²) in [5.74, 6) is -0.686. The third-order valence-electron chi connectivity index (χ3n) is 1.57. The van der Waals surface area contributed by atoms with E-state index >= 15 is 0 Å². The van der Waals surface area contributed by atoms with Crippen LogP contribution < -0.4 is 5.73 Å². The summed E-state index contributed by atoms with van der Waals surface area (Å²) in [6.07, 6.45) is -2.93. The average molecular weight is 214 g/mol. The molecule has 0 unspecified atom stereocenters. The predicted octanol–water partition coefficient (Wildman–Crippen LogP) is 1.38. The van der Waals surface area contributed by atoms with Crippen LogP contribution in [0, 0.1) is 21.4 Å². The largest absolute Gasteiger partial charge is 0.378 e. The van der Waals surface area contributed by atoms with E-state index in [1.54, 1.807) is 0 Å². The molecule has 1 rings (SSSR count). The normalized spacial score (nSPS) is 10.0. The van der Waals surface area contributed by atoms with E-state index in [0.717, 1.165) is 0 Å². The second kappa shape index (κ2) is 3.83. The van der Waals surface area contributed by atoms with Crippen molar-refractivity contribution in [2.45, 2.75) is 6.43 Å². The molecule has 0 aromatic carbocycles. The Kier molecular flexibility index (Phi) is 2.75. The highest BCUT2D eigenvalue weighted by molar-refractivity contribution is 5.62. The molecule has 0 aliphatic heterocycles. The summed E-state index contributed by atoms with van der Waals surface area (Å²) in [4.78, 5) is 12.6. The van der Waals surface area contributed by atoms with Gasteiger partial charge in [-0.2, -0.15) is 5.26 Å². The van der Waals surface area contributed by atoms with Crippen molar-refractivity contribution in [1.29, 1.82) is 5.26 Å². The Bertz CT molecular complexity index is 455. The summed E-state index contributed by atoms with van der Waals surface area (Å²) in [6.45, 7) is 0. The molecule has 0 radical (unpaired) electrons. The first kappa shape index (κ1) is 10.8. The summed E-state index contributed by atoms with van der Waals surface area (Å²) < 4.78 is 24.4. The highest BCUT2D eigenvalue weighted by atomic mass is 19.3. The van der Waals surface area contributed by atoms with Gasteiger partial charge in [-0.3, -0.25) is 10.1 Å². The van der Waals surface area contributed by atoms with Gasteiger partial charge in [0.2, 0.25) is 5.82 Å². The molecule has 0 saturated carbocycles. The second-order valence-corrected chi connectivity index (χ2v) is 2.50. The number of rotatable bonds is 2. The second-order valence-electron chi connectivity index (χ2n) is 2.50. The van der Waals surface area contributed by atoms with Crippen molar-refractivity contribution < 1.29 is 13.7 Å². The maximum atomic E-state index is 12.2. The third-order valence-corrected chi connectivity index (χ3v) is 1.57. The van der Waals surface area contributed by atoms with Gasteiger partial charge in [-0.05, 0) is 6.07 Å². The van der Waals surface area contributed by atoms with Gasteiger partial charge in [-0.1, -0.05) is 0 Å². The number of aromatic nitrogens is 1. The van der Waals surface area contributed by atoms with E-state index in [-0.39, 0.29) is 0 Å². The number of nitrogen functional groups attached to an aromatic ring is 1. The van der Waals surface area contributed by atoms with E-state index in [1.165, 1.54) is 6.07 Å². The van der Waals surface area contributed by atoms with Crippen molar-refractivity contribution >= 4 is 11.5 Å². The molecule has 6 nitrogen and oxygen atoms in total. The van der Waals surface area contributed by atoms with Gasteiger partial charge in [0.1, 0.15) is 17.3 Å². The number of nitriles is 1. The Labute approximate surface area is 82.1 Å². The van der Waals surface area contributed by atoms with E-state index < -0.39 is 34.1 Å². The minimum absolute atomic E-state index is 0.525. The molecule has 1 aromatic rings.